The Balaban J connectivity index is 1.26. The fraction of sp³-hybridized carbons (Fsp3) is 0.222. The largest absolute Gasteiger partial charge is 0.489 e. The van der Waals surface area contributed by atoms with Crippen molar-refractivity contribution in [2.24, 2.45) is 0 Å². The molecule has 3 amide bonds. The fourth-order valence-corrected chi connectivity index (χ4v) is 4.95. The van der Waals surface area contributed by atoms with Crippen molar-refractivity contribution in [2.75, 3.05) is 32.8 Å². The second-order valence-corrected chi connectivity index (χ2v) is 9.25. The van der Waals surface area contributed by atoms with E-state index in [1.165, 1.54) is 0 Å². The number of ether oxygens (including phenoxy) is 2. The van der Waals surface area contributed by atoms with Crippen molar-refractivity contribution >= 4 is 45.7 Å². The van der Waals surface area contributed by atoms with E-state index in [1.807, 2.05) is 48.5 Å². The van der Waals surface area contributed by atoms with E-state index in [1.54, 1.807) is 11.0 Å². The van der Waals surface area contributed by atoms with Crippen LogP contribution < -0.4 is 4.74 Å². The van der Waals surface area contributed by atoms with Gasteiger partial charge in [-0.15, -0.1) is 0 Å². The Kier molecular flexibility index (Phi) is 6.83. The summed E-state index contributed by atoms with van der Waals surface area (Å²) in [5, 5.41) is 1.86. The first kappa shape index (κ1) is 23.1. The molecule has 0 radical (unpaired) electrons. The summed E-state index contributed by atoms with van der Waals surface area (Å²) >= 11 is 0.845. The molecule has 0 N–H and O–H groups in total. The summed E-state index contributed by atoms with van der Waals surface area (Å²) in [5.41, 5.74) is 1.82. The van der Waals surface area contributed by atoms with Crippen LogP contribution in [0.4, 0.5) is 4.79 Å². The first-order valence-corrected chi connectivity index (χ1v) is 12.2. The maximum atomic E-state index is 12.8. The molecule has 0 atom stereocenters. The van der Waals surface area contributed by atoms with Crippen LogP contribution in [0.1, 0.15) is 11.1 Å². The Morgan fingerprint density at radius 2 is 1.77 bits per heavy atom. The molecule has 7 nitrogen and oxygen atoms in total. The van der Waals surface area contributed by atoms with E-state index in [-0.39, 0.29) is 17.4 Å². The highest BCUT2D eigenvalue weighted by atomic mass is 32.2. The van der Waals surface area contributed by atoms with Crippen molar-refractivity contribution in [3.8, 4) is 5.75 Å². The molecule has 5 rings (SSSR count). The quantitative estimate of drug-likeness (QED) is 0.481. The Bertz CT molecular complexity index is 1310. The van der Waals surface area contributed by atoms with Gasteiger partial charge < -0.3 is 14.4 Å². The highest BCUT2D eigenvalue weighted by molar-refractivity contribution is 8.18. The minimum atomic E-state index is -0.455. The molecule has 0 unspecified atom stereocenters. The predicted molar refractivity (Wildman–Crippen MR) is 135 cm³/mol. The molecule has 0 bridgehead atoms. The normalized spacial score (nSPS) is 17.4. The number of carbonyl (C=O) groups excluding carboxylic acids is 3. The monoisotopic (exact) mass is 488 g/mol. The molecule has 2 saturated heterocycles. The van der Waals surface area contributed by atoms with Crippen molar-refractivity contribution in [2.45, 2.75) is 6.61 Å². The van der Waals surface area contributed by atoms with Crippen LogP contribution in [0.25, 0.3) is 16.8 Å². The number of thioether (sulfide) groups is 1. The maximum absolute atomic E-state index is 12.8. The number of rotatable bonds is 6. The molecular formula is C27H24N2O5S. The smallest absolute Gasteiger partial charge is 0.294 e. The Hall–Kier alpha value is -3.62. The summed E-state index contributed by atoms with van der Waals surface area (Å²) in [7, 11) is 0. The molecule has 0 saturated carbocycles. The molecule has 3 aromatic rings. The molecule has 2 heterocycles. The SMILES string of the molecule is O=C(CN1C(=O)S/C(=C/c2cccc(OCc3cccc4ccccc34)c2)C1=O)N1CCOCC1. The molecule has 0 spiro atoms. The lowest BCUT2D eigenvalue weighted by Gasteiger charge is -2.28. The standard InChI is InChI=1S/C27H24N2O5S/c30-25(28-11-13-33-14-12-28)17-29-26(31)24(35-27(29)32)16-19-5-3-9-22(15-19)34-18-21-8-4-7-20-6-1-2-10-23(20)21/h1-10,15-16H,11-14,17-18H2/b24-16+. The third kappa shape index (κ3) is 5.23. The van der Waals surface area contributed by atoms with Crippen molar-refractivity contribution < 1.29 is 23.9 Å². The molecule has 35 heavy (non-hydrogen) atoms. The zero-order valence-corrected chi connectivity index (χ0v) is 19.8. The van der Waals surface area contributed by atoms with Crippen LogP contribution in [-0.2, 0) is 20.9 Å². The van der Waals surface area contributed by atoms with Crippen LogP contribution in [-0.4, -0.2) is 59.7 Å². The van der Waals surface area contributed by atoms with Crippen molar-refractivity contribution in [3.63, 3.8) is 0 Å². The minimum absolute atomic E-state index is 0.249. The van der Waals surface area contributed by atoms with Crippen LogP contribution in [0.5, 0.6) is 5.75 Å². The number of hydrogen-bond acceptors (Lipinski definition) is 6. The molecule has 2 fully saturated rings. The van der Waals surface area contributed by atoms with Gasteiger partial charge in [0.25, 0.3) is 11.1 Å². The van der Waals surface area contributed by atoms with Gasteiger partial charge in [0.2, 0.25) is 5.91 Å². The van der Waals surface area contributed by atoms with E-state index < -0.39 is 11.1 Å². The molecule has 2 aliphatic rings. The number of imide groups is 1. The van der Waals surface area contributed by atoms with E-state index in [0.29, 0.717) is 38.7 Å². The van der Waals surface area contributed by atoms with Crippen LogP contribution in [0.2, 0.25) is 0 Å². The van der Waals surface area contributed by atoms with Crippen LogP contribution in [0, 0.1) is 0 Å². The molecule has 3 aromatic carbocycles. The van der Waals surface area contributed by atoms with E-state index in [0.717, 1.165) is 38.6 Å². The van der Waals surface area contributed by atoms with Gasteiger partial charge in [-0.05, 0) is 51.9 Å². The van der Waals surface area contributed by atoms with Gasteiger partial charge in [-0.1, -0.05) is 54.6 Å². The highest BCUT2D eigenvalue weighted by Gasteiger charge is 2.37. The Morgan fingerprint density at radius 3 is 2.63 bits per heavy atom. The molecule has 8 heteroatoms. The summed E-state index contributed by atoms with van der Waals surface area (Å²) in [6.07, 6.45) is 1.66. The van der Waals surface area contributed by atoms with Crippen LogP contribution >= 0.6 is 11.8 Å². The zero-order valence-electron chi connectivity index (χ0n) is 19.0. The Labute approximate surface area is 207 Å². The number of benzene rings is 3. The summed E-state index contributed by atoms with van der Waals surface area (Å²) in [5.74, 6) is -0.0437. The highest BCUT2D eigenvalue weighted by Crippen LogP contribution is 2.33. The summed E-state index contributed by atoms with van der Waals surface area (Å²) in [4.78, 5) is 40.7. The van der Waals surface area contributed by atoms with E-state index in [4.69, 9.17) is 9.47 Å². The molecule has 0 aliphatic carbocycles. The van der Waals surface area contributed by atoms with Gasteiger partial charge in [0.1, 0.15) is 18.9 Å². The second-order valence-electron chi connectivity index (χ2n) is 8.26. The third-order valence-corrected chi connectivity index (χ3v) is 6.87. The van der Waals surface area contributed by atoms with Crippen molar-refractivity contribution in [3.05, 3.63) is 82.8 Å². The van der Waals surface area contributed by atoms with E-state index in [2.05, 4.69) is 18.2 Å². The third-order valence-electron chi connectivity index (χ3n) is 5.96. The number of carbonyl (C=O) groups is 3. The molecular weight excluding hydrogens is 464 g/mol. The molecule has 0 aromatic heterocycles. The van der Waals surface area contributed by atoms with Gasteiger partial charge in [0, 0.05) is 13.1 Å². The van der Waals surface area contributed by atoms with Crippen molar-refractivity contribution in [1.82, 2.24) is 9.80 Å². The lowest BCUT2D eigenvalue weighted by molar-refractivity contribution is -0.139. The summed E-state index contributed by atoms with van der Waals surface area (Å²) < 4.78 is 11.3. The van der Waals surface area contributed by atoms with E-state index >= 15 is 0 Å². The molecule has 2 aliphatic heterocycles. The second kappa shape index (κ2) is 10.3. The van der Waals surface area contributed by atoms with Gasteiger partial charge >= 0.3 is 0 Å². The zero-order chi connectivity index (χ0) is 24.2. The minimum Gasteiger partial charge on any atom is -0.489 e. The van der Waals surface area contributed by atoms with Gasteiger partial charge in [-0.25, -0.2) is 0 Å². The van der Waals surface area contributed by atoms with Crippen LogP contribution in [0.15, 0.2) is 71.6 Å². The topological polar surface area (TPSA) is 76.2 Å². The average molecular weight is 489 g/mol. The van der Waals surface area contributed by atoms with E-state index in [9.17, 15) is 14.4 Å². The first-order chi connectivity index (χ1) is 17.1. The maximum Gasteiger partial charge on any atom is 0.294 e. The lowest BCUT2D eigenvalue weighted by atomic mass is 10.1. The predicted octanol–water partition coefficient (Wildman–Crippen LogP) is 4.31. The first-order valence-electron chi connectivity index (χ1n) is 11.4. The number of fused-ring (bicyclic) bond motifs is 1. The summed E-state index contributed by atoms with van der Waals surface area (Å²) in [6, 6.07) is 21.7. The van der Waals surface area contributed by atoms with Gasteiger partial charge in [0.15, 0.2) is 0 Å². The van der Waals surface area contributed by atoms with Crippen LogP contribution in [0.3, 0.4) is 0 Å². The van der Waals surface area contributed by atoms with Gasteiger partial charge in [-0.2, -0.15) is 0 Å². The van der Waals surface area contributed by atoms with Gasteiger partial charge in [-0.3, -0.25) is 19.3 Å². The number of morpholine rings is 1. The fourth-order valence-electron chi connectivity index (χ4n) is 4.11. The van der Waals surface area contributed by atoms with Crippen molar-refractivity contribution in [1.29, 1.82) is 0 Å². The number of amides is 3. The summed E-state index contributed by atoms with van der Waals surface area (Å²) in [6.45, 7) is 2.02. The Morgan fingerprint density at radius 1 is 1.00 bits per heavy atom. The number of hydrogen-bond donors (Lipinski definition) is 0. The lowest BCUT2D eigenvalue weighted by Crippen LogP contribution is -2.46. The molecule has 178 valence electrons. The van der Waals surface area contributed by atoms with Gasteiger partial charge in [0.05, 0.1) is 18.1 Å². The number of nitrogens with zero attached hydrogens (tertiary/aromatic N) is 2. The average Bonchev–Trinajstić information content (AvgIpc) is 3.15.